The summed E-state index contributed by atoms with van der Waals surface area (Å²) in [6.07, 6.45) is 166. The van der Waals surface area contributed by atoms with Crippen LogP contribution in [0.25, 0.3) is 0 Å². The lowest BCUT2D eigenvalue weighted by atomic mass is 9.56. The molecule has 0 heteroatoms. The molecule has 37 rings (SSSR count). The van der Waals surface area contributed by atoms with Gasteiger partial charge in [-0.15, -0.1) is 0 Å². The molecule has 1 spiro atoms. The third-order valence-electron chi connectivity index (χ3n) is 46.1. The molecule has 37 fully saturated rings. The third kappa shape index (κ3) is 41.5. The Labute approximate surface area is 853 Å². The van der Waals surface area contributed by atoms with Crippen LogP contribution in [0.15, 0.2) is 0 Å². The van der Waals surface area contributed by atoms with Crippen molar-refractivity contribution in [1.29, 1.82) is 0 Å². The Hall–Kier alpha value is 0. The van der Waals surface area contributed by atoms with Gasteiger partial charge in [-0.25, -0.2) is 0 Å². The minimum Gasteiger partial charge on any atom is -0.0594 e. The van der Waals surface area contributed by atoms with Crippen molar-refractivity contribution < 1.29 is 0 Å². The molecule has 37 saturated carbocycles. The normalized spacial score (nSPS) is 41.1. The van der Waals surface area contributed by atoms with Gasteiger partial charge >= 0.3 is 0 Å². The summed E-state index contributed by atoms with van der Waals surface area (Å²) in [6, 6.07) is 0. The summed E-state index contributed by atoms with van der Waals surface area (Å²) in [6.45, 7) is 2.54. The van der Waals surface area contributed by atoms with Gasteiger partial charge in [-0.05, 0) is 332 Å². The van der Waals surface area contributed by atoms with Crippen molar-refractivity contribution in [2.75, 3.05) is 0 Å². The van der Waals surface area contributed by atoms with Gasteiger partial charge in [0.05, 0.1) is 0 Å². The van der Waals surface area contributed by atoms with Crippen LogP contribution in [0.5, 0.6) is 0 Å². The van der Waals surface area contributed by atoms with Crippen LogP contribution in [-0.4, -0.2) is 0 Å². The quantitative estimate of drug-likeness (QED) is 0.212. The van der Waals surface area contributed by atoms with Gasteiger partial charge in [0.25, 0.3) is 0 Å². The number of hydrogen-bond donors (Lipinski definition) is 0. The first-order valence-electron chi connectivity index (χ1n) is 67.2. The molecule has 0 aliphatic heterocycles. The molecule has 0 heterocycles. The van der Waals surface area contributed by atoms with Gasteiger partial charge in [-0.2, -0.15) is 0 Å². The summed E-state index contributed by atoms with van der Waals surface area (Å²) in [5.41, 5.74) is 1.63. The predicted octanol–water partition coefficient (Wildman–Crippen LogP) is 45.7. The lowest BCUT2D eigenvalue weighted by Crippen LogP contribution is -2.38. The van der Waals surface area contributed by atoms with Gasteiger partial charge < -0.3 is 0 Å². The first kappa shape index (κ1) is 110. The summed E-state index contributed by atoms with van der Waals surface area (Å²) in [4.78, 5) is 0. The van der Waals surface area contributed by atoms with E-state index in [1.54, 1.807) is 327 Å². The molecule has 37 aliphatic rings. The molecule has 0 aromatic heterocycles. The zero-order valence-electron chi connectivity index (χ0n) is 92.8. The Kier molecular flexibility index (Phi) is 51.6. The average molecular weight is 1880 g/mol. The Balaban J connectivity index is 0.000000110. The van der Waals surface area contributed by atoms with Crippen molar-refractivity contribution >= 4 is 0 Å². The lowest BCUT2D eigenvalue weighted by molar-refractivity contribution is 0.0197. The SMILES string of the molecule is C1C2CC1C2.C1C2CC3CC1CC(C2)C3.C1CC1.C1CC2CC(C1)C2.C1CC2CCC1C2.C1CC2CCC1C2.C1CC2CCC1CC2.C1CC2CCCC2C1.C1CCC1.C1CCC2(CC1)CCCCC2.C1CCC2CCCCC2C1.C1CCCC1.C1CCCCC1.C1CCCCCC1.C1CCCCCCC1.C1CC[C@H]2CC[C@H]2C1.C1C[C@@H]2C[C@@H]2C1.C1C[C@H]2C[C@@H]12.CC12CCCCC1CCCC2. The molecule has 788 valence electrons. The van der Waals surface area contributed by atoms with Crippen molar-refractivity contribution in [2.24, 2.45) is 159 Å². The van der Waals surface area contributed by atoms with E-state index in [0.29, 0.717) is 0 Å². The second-order valence-corrected chi connectivity index (χ2v) is 57.2. The van der Waals surface area contributed by atoms with E-state index >= 15 is 0 Å². The van der Waals surface area contributed by atoms with E-state index in [2.05, 4.69) is 6.92 Å². The molecule has 37 aliphatic carbocycles. The van der Waals surface area contributed by atoms with Gasteiger partial charge in [0, 0.05) is 0 Å². The van der Waals surface area contributed by atoms with Crippen LogP contribution in [0, 0.1) is 159 Å². The highest BCUT2D eigenvalue weighted by Crippen LogP contribution is 2.58. The molecular formula is C136H244. The fraction of sp³-hybridized carbons (Fsp3) is 1.00. The molecule has 0 aromatic carbocycles. The van der Waals surface area contributed by atoms with Gasteiger partial charge in [-0.3, -0.25) is 0 Å². The Morgan fingerprint density at radius 1 is 0.103 bits per heavy atom. The summed E-state index contributed by atoms with van der Waals surface area (Å²) >= 11 is 0. The van der Waals surface area contributed by atoms with Crippen LogP contribution >= 0.6 is 0 Å². The monoisotopic (exact) mass is 1880 g/mol. The summed E-state index contributed by atoms with van der Waals surface area (Å²) in [7, 11) is 0. The predicted molar refractivity (Wildman–Crippen MR) is 596 cm³/mol. The molecule has 136 heavy (non-hydrogen) atoms. The van der Waals surface area contributed by atoms with E-state index in [1.807, 2.05) is 0 Å². The highest BCUT2D eigenvalue weighted by atomic mass is 14.5. The van der Waals surface area contributed by atoms with Crippen LogP contribution in [0.4, 0.5) is 0 Å². The second-order valence-electron chi connectivity index (χ2n) is 57.2. The first-order valence-corrected chi connectivity index (χ1v) is 67.2. The smallest absolute Gasteiger partial charge is 0.0297 e. The number of hydrogen-bond acceptors (Lipinski definition) is 0. The number of rotatable bonds is 0. The van der Waals surface area contributed by atoms with Crippen molar-refractivity contribution in [3.8, 4) is 0 Å². The molecule has 0 aromatic rings. The number of fused-ring (bicyclic) bond motifs is 15. The Bertz CT molecular complexity index is 2550. The van der Waals surface area contributed by atoms with Crippen LogP contribution in [-0.2, 0) is 0 Å². The minimum absolute atomic E-state index is 0.774. The van der Waals surface area contributed by atoms with E-state index < -0.39 is 0 Å². The lowest BCUT2D eigenvalue weighted by Gasteiger charge is -2.49. The molecule has 0 unspecified atom stereocenters. The molecule has 0 N–H and O–H groups in total. The minimum atomic E-state index is 0.774. The largest absolute Gasteiger partial charge is 0.0594 e. The van der Waals surface area contributed by atoms with Crippen molar-refractivity contribution in [3.63, 3.8) is 0 Å². The van der Waals surface area contributed by atoms with E-state index in [0.717, 1.165) is 40.4 Å². The fourth-order valence-corrected chi connectivity index (χ4v) is 35.5. The van der Waals surface area contributed by atoms with E-state index in [-0.39, 0.29) is 0 Å². The highest BCUT2D eigenvalue weighted by Gasteiger charge is 2.46. The molecule has 0 saturated heterocycles. The van der Waals surface area contributed by atoms with Crippen LogP contribution in [0.2, 0.25) is 0 Å². The fourth-order valence-electron chi connectivity index (χ4n) is 35.5. The maximum atomic E-state index is 2.54. The van der Waals surface area contributed by atoms with E-state index in [1.165, 1.54) is 484 Å². The van der Waals surface area contributed by atoms with Crippen molar-refractivity contribution in [1.82, 2.24) is 0 Å². The molecule has 0 radical (unpaired) electrons. The van der Waals surface area contributed by atoms with Gasteiger partial charge in [-0.1, -0.05) is 527 Å². The summed E-state index contributed by atoms with van der Waals surface area (Å²) in [5, 5.41) is 0. The Morgan fingerprint density at radius 3 is 0.419 bits per heavy atom. The Morgan fingerprint density at radius 2 is 0.265 bits per heavy atom. The molecule has 6 atom stereocenters. The second kappa shape index (κ2) is 63.7. The first-order chi connectivity index (χ1) is 67.2. The van der Waals surface area contributed by atoms with Gasteiger partial charge in [0.2, 0.25) is 0 Å². The van der Waals surface area contributed by atoms with Crippen LogP contribution in [0.3, 0.4) is 0 Å². The standard InChI is InChI=1S/2C11H20.C10H16.C10H18.3C8H14.C8H16.3C7H12.C7H14.C6H10.C6H12.2C5H8.C5H10.C4H8.C3H6/c1-11-8-4-2-6-10(11)7-3-5-9-11;1-3-7-11(8-4-1)9-5-2-6-10-11;1-7-2-9-4-8(1)5-10(3-7)6-9;1-2-6-10-8-4-3-7-9(10)5-1;1-3-7-5-2-6-8(7)4-1;1-2-8-5-3-7(1)4-6-8;1-2-4-8-6-5-7(8)3-1;1-2-4-6-8-7-5-3-1;2*1-2-7-4-3-6(1)5-7;1-2-6-4-7(3-1)5-6;1-2-4-6-7-5-3-1;1-2-5-4-6(5)3-1;1-2-4-6-5-3-1;1-4-2-5(1)3-4;1-2-5-3-4(1)5;1-2-4-5-3-1;1-2-4-3-1;1-2-3-1/h10H,2-9H2,1H3;1-10H2;7-10H,1-6H2;9-10H,1-8H2;3*7-8H,1-6H2;1-8H2;3*6-7H,1-5H2;1-7H2;5-6H,1-4H2;1-6H2;2*4-5H,1-3H2;1-5H2;1-4H2;1-3H2/t;;;;;;7-,8+;;;;;;5-,6+;;;4-,5+;;;. The van der Waals surface area contributed by atoms with Crippen LogP contribution < -0.4 is 0 Å². The zero-order valence-corrected chi connectivity index (χ0v) is 92.8. The summed E-state index contributed by atoms with van der Waals surface area (Å²) in [5.74, 6) is 29.5. The molecular weight excluding hydrogens is 1630 g/mol. The maximum absolute atomic E-state index is 2.54. The molecule has 0 amide bonds. The van der Waals surface area contributed by atoms with Gasteiger partial charge in [0.15, 0.2) is 0 Å². The maximum Gasteiger partial charge on any atom is -0.0297 e. The average Bonchev–Trinajstić information content (AvgIpc) is 1.51. The van der Waals surface area contributed by atoms with Crippen molar-refractivity contribution in [2.45, 2.75) is 700 Å². The molecule has 14 bridgehead atoms. The van der Waals surface area contributed by atoms with Gasteiger partial charge in [0.1, 0.15) is 0 Å². The van der Waals surface area contributed by atoms with Crippen molar-refractivity contribution in [3.05, 3.63) is 0 Å². The third-order valence-corrected chi connectivity index (χ3v) is 46.1. The molecule has 0 nitrogen and oxygen atoms in total. The van der Waals surface area contributed by atoms with Crippen LogP contribution in [0.1, 0.15) is 700 Å². The topological polar surface area (TPSA) is 0 Å². The van der Waals surface area contributed by atoms with E-state index in [9.17, 15) is 0 Å². The zero-order chi connectivity index (χ0) is 92.8. The summed E-state index contributed by atoms with van der Waals surface area (Å²) < 4.78 is 0. The van der Waals surface area contributed by atoms with E-state index in [4.69, 9.17) is 0 Å². The highest BCUT2D eigenvalue weighted by molar-refractivity contribution is 4.98.